The lowest BCUT2D eigenvalue weighted by Crippen LogP contribution is -2.28. The summed E-state index contributed by atoms with van der Waals surface area (Å²) < 4.78 is 31.8. The highest BCUT2D eigenvalue weighted by molar-refractivity contribution is 7.94. The molecule has 7 heteroatoms. The Balaban J connectivity index is 2.15. The first-order valence-corrected chi connectivity index (χ1v) is 9.03. The fourth-order valence-corrected chi connectivity index (χ4v) is 3.34. The molecule has 0 unspecified atom stereocenters. The number of nitrogens with one attached hydrogen (secondary N) is 2. The van der Waals surface area contributed by atoms with Gasteiger partial charge >= 0.3 is 6.09 Å². The lowest BCUT2D eigenvalue weighted by Gasteiger charge is -2.20. The predicted molar refractivity (Wildman–Crippen MR) is 91.2 cm³/mol. The molecule has 0 aromatic heterocycles. The van der Waals surface area contributed by atoms with Crippen LogP contribution in [0.25, 0.3) is 0 Å². The van der Waals surface area contributed by atoms with Crippen molar-refractivity contribution in [1.82, 2.24) is 0 Å². The monoisotopic (exact) mass is 340 g/mol. The van der Waals surface area contributed by atoms with Gasteiger partial charge in [-0.3, -0.25) is 10.0 Å². The number of carbonyl (C=O) groups is 1. The molecular formula is C16H24N2O4S. The van der Waals surface area contributed by atoms with Gasteiger partial charge in [0.2, 0.25) is 10.0 Å². The molecule has 1 aliphatic rings. The molecule has 0 radical (unpaired) electrons. The molecule has 6 nitrogen and oxygen atoms in total. The summed E-state index contributed by atoms with van der Waals surface area (Å²) in [5, 5.41) is 2.61. The second-order valence-electron chi connectivity index (χ2n) is 7.21. The minimum atomic E-state index is -3.43. The van der Waals surface area contributed by atoms with Crippen LogP contribution in [0.3, 0.4) is 0 Å². The Labute approximate surface area is 137 Å². The molecule has 0 aliphatic heterocycles. The van der Waals surface area contributed by atoms with Crippen LogP contribution in [0, 0.1) is 6.92 Å². The Hall–Kier alpha value is -1.76. The van der Waals surface area contributed by atoms with E-state index in [1.165, 1.54) is 0 Å². The molecule has 0 atom stereocenters. The van der Waals surface area contributed by atoms with Gasteiger partial charge in [0.1, 0.15) is 5.60 Å². The second-order valence-corrected chi connectivity index (χ2v) is 9.41. The highest BCUT2D eigenvalue weighted by atomic mass is 32.2. The van der Waals surface area contributed by atoms with Crippen molar-refractivity contribution in [1.29, 1.82) is 0 Å². The molecule has 0 spiro atoms. The van der Waals surface area contributed by atoms with E-state index in [1.807, 2.05) is 6.92 Å². The average molecular weight is 340 g/mol. The molecule has 1 saturated carbocycles. The van der Waals surface area contributed by atoms with Gasteiger partial charge in [-0.25, -0.2) is 13.2 Å². The first-order chi connectivity index (χ1) is 10.4. The Morgan fingerprint density at radius 3 is 2.39 bits per heavy atom. The fourth-order valence-electron chi connectivity index (χ4n) is 1.94. The highest BCUT2D eigenvalue weighted by Gasteiger charge is 2.50. The molecule has 23 heavy (non-hydrogen) atoms. The van der Waals surface area contributed by atoms with Crippen molar-refractivity contribution in [3.8, 4) is 0 Å². The number of anilines is 2. The summed E-state index contributed by atoms with van der Waals surface area (Å²) >= 11 is 0. The van der Waals surface area contributed by atoms with Gasteiger partial charge in [-0.1, -0.05) is 6.07 Å². The molecule has 0 bridgehead atoms. The van der Waals surface area contributed by atoms with Crippen molar-refractivity contribution in [2.45, 2.75) is 57.8 Å². The van der Waals surface area contributed by atoms with Gasteiger partial charge in [0.05, 0.1) is 10.4 Å². The molecule has 2 rings (SSSR count). The van der Waals surface area contributed by atoms with Crippen molar-refractivity contribution < 1.29 is 17.9 Å². The van der Waals surface area contributed by atoms with Gasteiger partial charge in [0.25, 0.3) is 0 Å². The smallest absolute Gasteiger partial charge is 0.412 e. The minimum Gasteiger partial charge on any atom is -0.444 e. The quantitative estimate of drug-likeness (QED) is 0.876. The van der Waals surface area contributed by atoms with Crippen LogP contribution in [0.1, 0.15) is 46.1 Å². The third-order valence-electron chi connectivity index (χ3n) is 3.73. The maximum Gasteiger partial charge on any atom is 0.412 e. The molecule has 1 aromatic carbocycles. The molecule has 1 aliphatic carbocycles. The van der Waals surface area contributed by atoms with Crippen LogP contribution in [-0.4, -0.2) is 24.9 Å². The summed E-state index contributed by atoms with van der Waals surface area (Å²) in [6.45, 7) is 8.87. The molecule has 128 valence electrons. The van der Waals surface area contributed by atoms with Crippen LogP contribution >= 0.6 is 0 Å². The van der Waals surface area contributed by atoms with Crippen molar-refractivity contribution in [3.05, 3.63) is 23.8 Å². The summed E-state index contributed by atoms with van der Waals surface area (Å²) in [5.41, 5.74) is 1.13. The van der Waals surface area contributed by atoms with Gasteiger partial charge < -0.3 is 4.74 Å². The number of ether oxygens (including phenoxy) is 1. The summed E-state index contributed by atoms with van der Waals surface area (Å²) in [5.74, 6) is 0. The molecule has 1 aromatic rings. The number of rotatable bonds is 4. The summed E-state index contributed by atoms with van der Waals surface area (Å²) in [6.07, 6.45) is 0.748. The van der Waals surface area contributed by atoms with Crippen molar-refractivity contribution in [2.75, 3.05) is 10.0 Å². The van der Waals surface area contributed by atoms with Crippen LogP contribution in [0.4, 0.5) is 16.2 Å². The van der Waals surface area contributed by atoms with Gasteiger partial charge in [-0.15, -0.1) is 0 Å². The van der Waals surface area contributed by atoms with E-state index >= 15 is 0 Å². The van der Waals surface area contributed by atoms with Gasteiger partial charge in [0, 0.05) is 5.69 Å². The zero-order valence-corrected chi connectivity index (χ0v) is 15.0. The third-order valence-corrected chi connectivity index (χ3v) is 5.92. The molecule has 0 saturated heterocycles. The summed E-state index contributed by atoms with van der Waals surface area (Å²) in [6, 6.07) is 5.05. The van der Waals surface area contributed by atoms with E-state index in [1.54, 1.807) is 45.9 Å². The molecule has 1 fully saturated rings. The van der Waals surface area contributed by atoms with Crippen molar-refractivity contribution in [2.24, 2.45) is 0 Å². The Bertz CT molecular complexity index is 716. The van der Waals surface area contributed by atoms with Crippen LogP contribution in [0.15, 0.2) is 18.2 Å². The van der Waals surface area contributed by atoms with Crippen molar-refractivity contribution >= 4 is 27.5 Å². The highest BCUT2D eigenvalue weighted by Crippen LogP contribution is 2.43. The number of hydrogen-bond donors (Lipinski definition) is 2. The summed E-state index contributed by atoms with van der Waals surface area (Å²) in [4.78, 5) is 11.8. The lowest BCUT2D eigenvalue weighted by atomic mass is 10.2. The van der Waals surface area contributed by atoms with E-state index in [9.17, 15) is 13.2 Å². The minimum absolute atomic E-state index is 0.465. The number of aryl methyl sites for hydroxylation is 1. The van der Waals surface area contributed by atoms with Crippen LogP contribution in [-0.2, 0) is 14.8 Å². The average Bonchev–Trinajstić information content (AvgIpc) is 3.11. The SMILES string of the molecule is Cc1ccc(NC(=O)OC(C)(C)C)cc1NS(=O)(=O)C1(C)CC1. The van der Waals surface area contributed by atoms with Gasteiger partial charge in [0.15, 0.2) is 0 Å². The number of sulfonamides is 1. The zero-order chi connectivity index (χ0) is 17.5. The van der Waals surface area contributed by atoms with E-state index in [4.69, 9.17) is 4.74 Å². The van der Waals surface area contributed by atoms with E-state index in [0.717, 1.165) is 5.56 Å². The zero-order valence-electron chi connectivity index (χ0n) is 14.2. The van der Waals surface area contributed by atoms with Crippen LogP contribution in [0.5, 0.6) is 0 Å². The third kappa shape index (κ3) is 4.37. The molecule has 2 N–H and O–H groups in total. The normalized spacial score (nSPS) is 16.6. The Morgan fingerprint density at radius 1 is 1.26 bits per heavy atom. The number of amides is 1. The standard InChI is InChI=1S/C16H24N2O4S/c1-11-6-7-12(17-14(19)22-15(2,3)4)10-13(11)18-23(20,21)16(5)8-9-16/h6-7,10,18H,8-9H2,1-5H3,(H,17,19). The number of carbonyl (C=O) groups excluding carboxylic acids is 1. The largest absolute Gasteiger partial charge is 0.444 e. The fraction of sp³-hybridized carbons (Fsp3) is 0.562. The van der Waals surface area contributed by atoms with Gasteiger partial charge in [-0.05, 0) is 65.2 Å². The Morgan fingerprint density at radius 2 is 1.87 bits per heavy atom. The second kappa shape index (κ2) is 5.70. The predicted octanol–water partition coefficient (Wildman–Crippen LogP) is 3.64. The maximum atomic E-state index is 12.3. The van der Waals surface area contributed by atoms with E-state index in [2.05, 4.69) is 10.0 Å². The van der Waals surface area contributed by atoms with E-state index < -0.39 is 26.5 Å². The van der Waals surface area contributed by atoms with Crippen molar-refractivity contribution in [3.63, 3.8) is 0 Å². The number of benzene rings is 1. The lowest BCUT2D eigenvalue weighted by molar-refractivity contribution is 0.0636. The first-order valence-electron chi connectivity index (χ1n) is 7.55. The van der Waals surface area contributed by atoms with Crippen LogP contribution < -0.4 is 10.0 Å². The molecular weight excluding hydrogens is 316 g/mol. The summed E-state index contributed by atoms with van der Waals surface area (Å²) in [7, 11) is -3.43. The van der Waals surface area contributed by atoms with Gasteiger partial charge in [-0.2, -0.15) is 0 Å². The topological polar surface area (TPSA) is 84.5 Å². The maximum absolute atomic E-state index is 12.3. The molecule has 0 heterocycles. The Kier molecular flexibility index (Phi) is 4.36. The van der Waals surface area contributed by atoms with E-state index in [-0.39, 0.29) is 0 Å². The van der Waals surface area contributed by atoms with E-state index in [0.29, 0.717) is 24.2 Å². The first kappa shape index (κ1) is 17.6. The molecule has 1 amide bonds. The number of hydrogen-bond acceptors (Lipinski definition) is 4. The van der Waals surface area contributed by atoms with Crippen LogP contribution in [0.2, 0.25) is 0 Å².